The predicted molar refractivity (Wildman–Crippen MR) is 93.3 cm³/mol. The van der Waals surface area contributed by atoms with E-state index in [1.807, 2.05) is 42.5 Å². The zero-order valence-corrected chi connectivity index (χ0v) is 13.4. The number of ketones is 1. The van der Waals surface area contributed by atoms with Crippen LogP contribution in [-0.2, 0) is 6.42 Å². The van der Waals surface area contributed by atoms with E-state index in [1.54, 1.807) is 32.4 Å². The van der Waals surface area contributed by atoms with Gasteiger partial charge in [0.25, 0.3) is 0 Å². The van der Waals surface area contributed by atoms with Crippen molar-refractivity contribution in [3.05, 3.63) is 77.9 Å². The Labute approximate surface area is 136 Å². The molecule has 0 aliphatic carbocycles. The zero-order valence-electron chi connectivity index (χ0n) is 13.4. The molecule has 0 fully saturated rings. The molecule has 3 heteroatoms. The van der Waals surface area contributed by atoms with Crippen LogP contribution in [0.5, 0.6) is 11.5 Å². The highest BCUT2D eigenvalue weighted by molar-refractivity contribution is 6.06. The lowest BCUT2D eigenvalue weighted by molar-refractivity contribution is 0.104. The molecular formula is C20H20O3. The molecular weight excluding hydrogens is 288 g/mol. The SMILES string of the molecule is C=CCc1ccc(C(=O)C=Cc2cc(OC)cc(OC)c2)cc1. The van der Waals surface area contributed by atoms with Gasteiger partial charge in [0.05, 0.1) is 14.2 Å². The summed E-state index contributed by atoms with van der Waals surface area (Å²) in [7, 11) is 3.19. The standard InChI is InChI=1S/C20H20O3/c1-4-5-15-6-9-17(10-7-15)20(21)11-8-16-12-18(22-2)14-19(13-16)23-3/h4,6-14H,1,5H2,2-3H3. The Morgan fingerprint density at radius 1 is 1.04 bits per heavy atom. The van der Waals surface area contributed by atoms with Gasteiger partial charge in [-0.3, -0.25) is 4.79 Å². The molecule has 0 heterocycles. The highest BCUT2D eigenvalue weighted by atomic mass is 16.5. The molecule has 0 saturated heterocycles. The predicted octanol–water partition coefficient (Wildman–Crippen LogP) is 4.33. The largest absolute Gasteiger partial charge is 0.497 e. The third kappa shape index (κ3) is 4.58. The van der Waals surface area contributed by atoms with E-state index in [0.717, 1.165) is 17.5 Å². The molecule has 2 aromatic rings. The number of carbonyl (C=O) groups excluding carboxylic acids is 1. The van der Waals surface area contributed by atoms with E-state index in [1.165, 1.54) is 0 Å². The third-order valence-electron chi connectivity index (χ3n) is 3.42. The minimum atomic E-state index is -0.0445. The molecule has 23 heavy (non-hydrogen) atoms. The first kappa shape index (κ1) is 16.6. The van der Waals surface area contributed by atoms with Gasteiger partial charge in [0.2, 0.25) is 0 Å². The van der Waals surface area contributed by atoms with Gasteiger partial charge in [-0.1, -0.05) is 36.4 Å². The Balaban J connectivity index is 2.15. The summed E-state index contributed by atoms with van der Waals surface area (Å²) in [6.45, 7) is 3.71. The smallest absolute Gasteiger partial charge is 0.185 e. The van der Waals surface area contributed by atoms with Crippen LogP contribution in [0.4, 0.5) is 0 Å². The average Bonchev–Trinajstić information content (AvgIpc) is 2.60. The number of carbonyl (C=O) groups is 1. The van der Waals surface area contributed by atoms with E-state index < -0.39 is 0 Å². The lowest BCUT2D eigenvalue weighted by Gasteiger charge is -2.05. The fourth-order valence-electron chi connectivity index (χ4n) is 2.17. The average molecular weight is 308 g/mol. The summed E-state index contributed by atoms with van der Waals surface area (Å²) in [5, 5.41) is 0. The van der Waals surface area contributed by atoms with Gasteiger partial charge in [-0.15, -0.1) is 6.58 Å². The van der Waals surface area contributed by atoms with Crippen LogP contribution in [0, 0.1) is 0 Å². The second kappa shape index (κ2) is 7.99. The normalized spacial score (nSPS) is 10.5. The summed E-state index contributed by atoms with van der Waals surface area (Å²) >= 11 is 0. The lowest BCUT2D eigenvalue weighted by atomic mass is 10.1. The molecule has 0 unspecified atom stereocenters. The summed E-state index contributed by atoms with van der Waals surface area (Å²) in [5.74, 6) is 1.33. The maximum absolute atomic E-state index is 12.2. The van der Waals surface area contributed by atoms with E-state index in [2.05, 4.69) is 6.58 Å². The first-order chi connectivity index (χ1) is 11.2. The van der Waals surface area contributed by atoms with Gasteiger partial charge in [-0.25, -0.2) is 0 Å². The molecule has 0 spiro atoms. The molecule has 2 aromatic carbocycles. The Morgan fingerprint density at radius 3 is 2.17 bits per heavy atom. The second-order valence-corrected chi connectivity index (χ2v) is 5.03. The number of hydrogen-bond donors (Lipinski definition) is 0. The quantitative estimate of drug-likeness (QED) is 0.434. The first-order valence-corrected chi connectivity index (χ1v) is 7.31. The molecule has 0 atom stereocenters. The Hall–Kier alpha value is -2.81. The van der Waals surface area contributed by atoms with Crippen molar-refractivity contribution < 1.29 is 14.3 Å². The van der Waals surface area contributed by atoms with Crippen molar-refractivity contribution in [2.75, 3.05) is 14.2 Å². The molecule has 0 radical (unpaired) electrons. The van der Waals surface area contributed by atoms with Crippen LogP contribution in [0.3, 0.4) is 0 Å². The number of benzene rings is 2. The molecule has 2 rings (SSSR count). The monoisotopic (exact) mass is 308 g/mol. The summed E-state index contributed by atoms with van der Waals surface area (Å²) in [5.41, 5.74) is 2.64. The number of methoxy groups -OCH3 is 2. The van der Waals surface area contributed by atoms with Crippen LogP contribution in [0.2, 0.25) is 0 Å². The van der Waals surface area contributed by atoms with Crippen molar-refractivity contribution in [1.82, 2.24) is 0 Å². The summed E-state index contributed by atoms with van der Waals surface area (Å²) < 4.78 is 10.4. The minimum absolute atomic E-state index is 0.0445. The minimum Gasteiger partial charge on any atom is -0.497 e. The molecule has 118 valence electrons. The molecule has 3 nitrogen and oxygen atoms in total. The van der Waals surface area contributed by atoms with Crippen molar-refractivity contribution in [3.63, 3.8) is 0 Å². The van der Waals surface area contributed by atoms with Crippen LogP contribution in [0.1, 0.15) is 21.5 Å². The third-order valence-corrected chi connectivity index (χ3v) is 3.42. The molecule has 0 aromatic heterocycles. The molecule has 0 N–H and O–H groups in total. The van der Waals surface area contributed by atoms with Gasteiger partial charge in [0, 0.05) is 11.6 Å². The molecule has 0 saturated carbocycles. The topological polar surface area (TPSA) is 35.5 Å². The van der Waals surface area contributed by atoms with Crippen molar-refractivity contribution in [2.45, 2.75) is 6.42 Å². The van der Waals surface area contributed by atoms with E-state index in [0.29, 0.717) is 17.1 Å². The molecule has 0 amide bonds. The van der Waals surface area contributed by atoms with E-state index in [9.17, 15) is 4.79 Å². The Morgan fingerprint density at radius 2 is 1.65 bits per heavy atom. The number of ether oxygens (including phenoxy) is 2. The van der Waals surface area contributed by atoms with Crippen LogP contribution >= 0.6 is 0 Å². The van der Waals surface area contributed by atoms with Crippen LogP contribution in [0.25, 0.3) is 6.08 Å². The van der Waals surface area contributed by atoms with Crippen LogP contribution < -0.4 is 9.47 Å². The summed E-state index contributed by atoms with van der Waals surface area (Å²) in [6.07, 6.45) is 5.95. The highest BCUT2D eigenvalue weighted by Crippen LogP contribution is 2.23. The molecule has 0 aliphatic rings. The van der Waals surface area contributed by atoms with E-state index in [-0.39, 0.29) is 5.78 Å². The van der Waals surface area contributed by atoms with Crippen molar-refractivity contribution in [3.8, 4) is 11.5 Å². The van der Waals surface area contributed by atoms with E-state index in [4.69, 9.17) is 9.47 Å². The lowest BCUT2D eigenvalue weighted by Crippen LogP contribution is -1.94. The number of allylic oxidation sites excluding steroid dienone is 2. The van der Waals surface area contributed by atoms with Gasteiger partial charge < -0.3 is 9.47 Å². The van der Waals surface area contributed by atoms with Gasteiger partial charge in [0.1, 0.15) is 11.5 Å². The first-order valence-electron chi connectivity index (χ1n) is 7.31. The van der Waals surface area contributed by atoms with Crippen molar-refractivity contribution >= 4 is 11.9 Å². The summed E-state index contributed by atoms with van der Waals surface area (Å²) in [6, 6.07) is 13.0. The maximum atomic E-state index is 12.2. The van der Waals surface area contributed by atoms with Crippen LogP contribution in [-0.4, -0.2) is 20.0 Å². The van der Waals surface area contributed by atoms with Crippen LogP contribution in [0.15, 0.2) is 61.2 Å². The van der Waals surface area contributed by atoms with Gasteiger partial charge in [0.15, 0.2) is 5.78 Å². The molecule has 0 aliphatic heterocycles. The number of hydrogen-bond acceptors (Lipinski definition) is 3. The maximum Gasteiger partial charge on any atom is 0.185 e. The van der Waals surface area contributed by atoms with Gasteiger partial charge >= 0.3 is 0 Å². The Kier molecular flexibility index (Phi) is 5.75. The van der Waals surface area contributed by atoms with E-state index >= 15 is 0 Å². The highest BCUT2D eigenvalue weighted by Gasteiger charge is 2.03. The fraction of sp³-hybridized carbons (Fsp3) is 0.150. The zero-order chi connectivity index (χ0) is 16.7. The Bertz CT molecular complexity index is 690. The van der Waals surface area contributed by atoms with Crippen molar-refractivity contribution in [2.24, 2.45) is 0 Å². The van der Waals surface area contributed by atoms with Gasteiger partial charge in [-0.05, 0) is 35.8 Å². The fourth-order valence-corrected chi connectivity index (χ4v) is 2.17. The van der Waals surface area contributed by atoms with Crippen molar-refractivity contribution in [1.29, 1.82) is 0 Å². The number of rotatable bonds is 7. The summed E-state index contributed by atoms with van der Waals surface area (Å²) in [4.78, 5) is 12.2. The second-order valence-electron chi connectivity index (χ2n) is 5.03. The van der Waals surface area contributed by atoms with Gasteiger partial charge in [-0.2, -0.15) is 0 Å². The molecule has 0 bridgehead atoms.